The van der Waals surface area contributed by atoms with Crippen LogP contribution in [-0.4, -0.2) is 19.1 Å². The van der Waals surface area contributed by atoms with Crippen molar-refractivity contribution in [3.63, 3.8) is 0 Å². The molecule has 0 spiro atoms. The summed E-state index contributed by atoms with van der Waals surface area (Å²) in [4.78, 5) is 4.07. The van der Waals surface area contributed by atoms with E-state index in [1.807, 2.05) is 6.07 Å². The van der Waals surface area contributed by atoms with Crippen LogP contribution in [0, 0.1) is 5.82 Å². The van der Waals surface area contributed by atoms with Crippen molar-refractivity contribution in [3.05, 3.63) is 29.6 Å². The summed E-state index contributed by atoms with van der Waals surface area (Å²) in [5.74, 6) is 0.405. The Bertz CT molecular complexity index is 437. The Morgan fingerprint density at radius 2 is 2.12 bits per heavy atom. The van der Waals surface area contributed by atoms with E-state index in [0.29, 0.717) is 5.92 Å². The van der Waals surface area contributed by atoms with E-state index in [-0.39, 0.29) is 23.6 Å². The Balaban J connectivity index is 2.02. The minimum atomic E-state index is -0.324. The predicted molar refractivity (Wildman–Crippen MR) is 64.5 cm³/mol. The topological polar surface area (TPSA) is 73.6 Å². The van der Waals surface area contributed by atoms with Gasteiger partial charge >= 0.3 is 0 Å². The van der Waals surface area contributed by atoms with Crippen LogP contribution in [0.1, 0.15) is 24.3 Å². The van der Waals surface area contributed by atoms with E-state index < -0.39 is 0 Å². The Morgan fingerprint density at radius 3 is 2.65 bits per heavy atom. The maximum Gasteiger partial charge on any atom is 0.186 e. The average molecular weight is 237 g/mol. The van der Waals surface area contributed by atoms with Gasteiger partial charge in [-0.3, -0.25) is 4.99 Å². The summed E-state index contributed by atoms with van der Waals surface area (Å²) in [6.45, 7) is 0. The first-order valence-electron chi connectivity index (χ1n) is 5.52. The van der Waals surface area contributed by atoms with Crippen LogP contribution in [0.3, 0.4) is 0 Å². The van der Waals surface area contributed by atoms with Gasteiger partial charge in [-0.2, -0.15) is 0 Å². The minimum absolute atomic E-state index is 0.120. The molecule has 1 aliphatic carbocycles. The molecule has 0 radical (unpaired) electrons. The zero-order chi connectivity index (χ0) is 12.4. The fraction of sp³-hybridized carbons (Fsp3) is 0.417. The largest absolute Gasteiger partial charge is 0.494 e. The number of hydrogen-bond acceptors (Lipinski definition) is 2. The third kappa shape index (κ3) is 2.49. The first-order valence-corrected chi connectivity index (χ1v) is 5.52. The SMILES string of the molecule is COc1ccc(C2CC(N=C(N)N)C2)cc1F. The molecule has 1 aromatic carbocycles. The third-order valence-corrected chi connectivity index (χ3v) is 3.09. The van der Waals surface area contributed by atoms with Gasteiger partial charge in [-0.25, -0.2) is 4.39 Å². The van der Waals surface area contributed by atoms with Crippen LogP contribution in [-0.2, 0) is 0 Å². The second-order valence-corrected chi connectivity index (χ2v) is 4.27. The lowest BCUT2D eigenvalue weighted by Crippen LogP contribution is -2.31. The molecule has 0 amide bonds. The molecule has 0 atom stereocenters. The third-order valence-electron chi connectivity index (χ3n) is 3.09. The van der Waals surface area contributed by atoms with Gasteiger partial charge in [0.25, 0.3) is 0 Å². The quantitative estimate of drug-likeness (QED) is 0.615. The average Bonchev–Trinajstić information content (AvgIpc) is 2.22. The molecule has 92 valence electrons. The number of guanidine groups is 1. The molecule has 1 aromatic rings. The van der Waals surface area contributed by atoms with Gasteiger partial charge in [-0.05, 0) is 36.5 Å². The standard InChI is InChI=1S/C12H16FN3O/c1-17-11-3-2-7(6-10(11)13)8-4-9(5-8)16-12(14)15/h2-3,6,8-9H,4-5H2,1H3,(H4,14,15,16). The van der Waals surface area contributed by atoms with Crippen molar-refractivity contribution >= 4 is 5.96 Å². The summed E-state index contributed by atoms with van der Waals surface area (Å²) in [5.41, 5.74) is 11.6. The molecule has 0 bridgehead atoms. The maximum absolute atomic E-state index is 13.5. The number of methoxy groups -OCH3 is 1. The van der Waals surface area contributed by atoms with Gasteiger partial charge in [0, 0.05) is 0 Å². The van der Waals surface area contributed by atoms with E-state index in [9.17, 15) is 4.39 Å². The predicted octanol–water partition coefficient (Wildman–Crippen LogP) is 1.35. The van der Waals surface area contributed by atoms with Crippen LogP contribution < -0.4 is 16.2 Å². The molecule has 17 heavy (non-hydrogen) atoms. The lowest BCUT2D eigenvalue weighted by molar-refractivity contribution is 0.349. The van der Waals surface area contributed by atoms with Gasteiger partial charge in [0.1, 0.15) is 0 Å². The fourth-order valence-electron chi connectivity index (χ4n) is 2.11. The number of rotatable bonds is 3. The molecule has 0 aliphatic heterocycles. The van der Waals surface area contributed by atoms with Crippen molar-refractivity contribution in [2.24, 2.45) is 16.5 Å². The molecule has 4 N–H and O–H groups in total. The Morgan fingerprint density at radius 1 is 1.41 bits per heavy atom. The molecular formula is C12H16FN3O. The van der Waals surface area contributed by atoms with Gasteiger partial charge < -0.3 is 16.2 Å². The Kier molecular flexibility index (Phi) is 3.17. The number of nitrogens with zero attached hydrogens (tertiary/aromatic N) is 1. The van der Waals surface area contributed by atoms with Gasteiger partial charge in [0.05, 0.1) is 13.2 Å². The summed E-state index contributed by atoms with van der Waals surface area (Å²) in [6.07, 6.45) is 1.73. The second-order valence-electron chi connectivity index (χ2n) is 4.27. The molecule has 1 fully saturated rings. The first kappa shape index (κ1) is 11.7. The molecule has 5 heteroatoms. The highest BCUT2D eigenvalue weighted by molar-refractivity contribution is 5.76. The molecule has 1 saturated carbocycles. The number of halogens is 1. The molecule has 0 unspecified atom stereocenters. The normalized spacial score (nSPS) is 22.7. The van der Waals surface area contributed by atoms with E-state index in [4.69, 9.17) is 16.2 Å². The number of hydrogen-bond donors (Lipinski definition) is 2. The summed E-state index contributed by atoms with van der Waals surface area (Å²) >= 11 is 0. The van der Waals surface area contributed by atoms with Crippen LogP contribution in [0.25, 0.3) is 0 Å². The zero-order valence-electron chi connectivity index (χ0n) is 9.69. The van der Waals surface area contributed by atoms with E-state index in [1.165, 1.54) is 13.2 Å². The minimum Gasteiger partial charge on any atom is -0.494 e. The lowest BCUT2D eigenvalue weighted by Gasteiger charge is -2.33. The van der Waals surface area contributed by atoms with Gasteiger partial charge in [0.15, 0.2) is 17.5 Å². The highest BCUT2D eigenvalue weighted by atomic mass is 19.1. The van der Waals surface area contributed by atoms with Crippen LogP contribution >= 0.6 is 0 Å². The number of nitrogens with two attached hydrogens (primary N) is 2. The highest BCUT2D eigenvalue weighted by Crippen LogP contribution is 2.39. The number of benzene rings is 1. The molecular weight excluding hydrogens is 221 g/mol. The van der Waals surface area contributed by atoms with Crippen molar-refractivity contribution in [2.45, 2.75) is 24.8 Å². The van der Waals surface area contributed by atoms with Gasteiger partial charge in [0.2, 0.25) is 0 Å². The second kappa shape index (κ2) is 4.61. The van der Waals surface area contributed by atoms with E-state index in [2.05, 4.69) is 4.99 Å². The van der Waals surface area contributed by atoms with Crippen molar-refractivity contribution in [2.75, 3.05) is 7.11 Å². The smallest absolute Gasteiger partial charge is 0.186 e. The van der Waals surface area contributed by atoms with Gasteiger partial charge in [-0.1, -0.05) is 6.07 Å². The van der Waals surface area contributed by atoms with Crippen LogP contribution in [0.4, 0.5) is 4.39 Å². The fourth-order valence-corrected chi connectivity index (χ4v) is 2.11. The van der Waals surface area contributed by atoms with Gasteiger partial charge in [-0.15, -0.1) is 0 Å². The van der Waals surface area contributed by atoms with Crippen molar-refractivity contribution in [1.82, 2.24) is 0 Å². The van der Waals surface area contributed by atoms with E-state index in [0.717, 1.165) is 18.4 Å². The Hall–Kier alpha value is -1.78. The number of ether oxygens (including phenoxy) is 1. The van der Waals surface area contributed by atoms with Crippen molar-refractivity contribution < 1.29 is 9.13 Å². The van der Waals surface area contributed by atoms with Crippen LogP contribution in [0.5, 0.6) is 5.75 Å². The van der Waals surface area contributed by atoms with Crippen LogP contribution in [0.15, 0.2) is 23.2 Å². The summed E-state index contributed by atoms with van der Waals surface area (Å²) in [7, 11) is 1.45. The first-order chi connectivity index (χ1) is 8.10. The maximum atomic E-state index is 13.5. The summed E-state index contributed by atoms with van der Waals surface area (Å²) in [5, 5.41) is 0. The molecule has 1 aliphatic rings. The van der Waals surface area contributed by atoms with Crippen molar-refractivity contribution in [3.8, 4) is 5.75 Å². The molecule has 0 heterocycles. The van der Waals surface area contributed by atoms with Crippen LogP contribution in [0.2, 0.25) is 0 Å². The molecule has 2 rings (SSSR count). The molecule has 0 aromatic heterocycles. The van der Waals surface area contributed by atoms with E-state index in [1.54, 1.807) is 6.07 Å². The van der Waals surface area contributed by atoms with Crippen molar-refractivity contribution in [1.29, 1.82) is 0 Å². The Labute approximate surface area is 99.5 Å². The molecule has 0 saturated heterocycles. The highest BCUT2D eigenvalue weighted by Gasteiger charge is 2.30. The lowest BCUT2D eigenvalue weighted by atomic mass is 9.76. The number of aliphatic imine (C=N–C) groups is 1. The van der Waals surface area contributed by atoms with E-state index >= 15 is 0 Å². The summed E-state index contributed by atoms with van der Waals surface area (Å²) in [6, 6.07) is 5.24. The monoisotopic (exact) mass is 237 g/mol. The zero-order valence-corrected chi connectivity index (χ0v) is 9.69. The summed E-state index contributed by atoms with van der Waals surface area (Å²) < 4.78 is 18.4. The molecule has 4 nitrogen and oxygen atoms in total.